The summed E-state index contributed by atoms with van der Waals surface area (Å²) in [7, 11) is 1.89. The van der Waals surface area contributed by atoms with Gasteiger partial charge in [-0.15, -0.1) is 10.2 Å². The van der Waals surface area contributed by atoms with Gasteiger partial charge in [-0.2, -0.15) is 0 Å². The van der Waals surface area contributed by atoms with Gasteiger partial charge in [0.15, 0.2) is 17.1 Å². The second kappa shape index (κ2) is 10.7. The average Bonchev–Trinajstić information content (AvgIpc) is 3.13. The lowest BCUT2D eigenvalue weighted by Gasteiger charge is -2.15. The van der Waals surface area contributed by atoms with Gasteiger partial charge < -0.3 is 14.6 Å². The number of nitrogens with zero attached hydrogens (tertiary/aromatic N) is 3. The summed E-state index contributed by atoms with van der Waals surface area (Å²) in [6.07, 6.45) is -0.264. The number of rotatable bonds is 9. The van der Waals surface area contributed by atoms with Crippen LogP contribution in [0.5, 0.6) is 5.75 Å². The maximum absolute atomic E-state index is 12.4. The monoisotopic (exact) mass is 452 g/mol. The van der Waals surface area contributed by atoms with E-state index in [0.29, 0.717) is 22.8 Å². The first-order chi connectivity index (χ1) is 15.2. The van der Waals surface area contributed by atoms with Crippen molar-refractivity contribution >= 4 is 23.4 Å². The summed E-state index contributed by atoms with van der Waals surface area (Å²) < 4.78 is 7.93. The highest BCUT2D eigenvalue weighted by molar-refractivity contribution is 7.99. The Labute approximate surface area is 194 Å². The first kappa shape index (κ1) is 23.9. The van der Waals surface area contributed by atoms with Crippen LogP contribution in [0.15, 0.2) is 53.7 Å². The van der Waals surface area contributed by atoms with Crippen LogP contribution in [0.2, 0.25) is 0 Å². The molecule has 2 aromatic carbocycles. The molecule has 3 aromatic rings. The fourth-order valence-electron chi connectivity index (χ4n) is 3.27. The summed E-state index contributed by atoms with van der Waals surface area (Å²) >= 11 is 1.35. The number of hydrogen-bond donors (Lipinski definition) is 1. The minimum atomic E-state index is -0.264. The van der Waals surface area contributed by atoms with Gasteiger partial charge in [-0.05, 0) is 54.2 Å². The van der Waals surface area contributed by atoms with Crippen molar-refractivity contribution in [3.05, 3.63) is 65.5 Å². The molecule has 0 aliphatic rings. The van der Waals surface area contributed by atoms with Gasteiger partial charge in [0.05, 0.1) is 5.75 Å². The van der Waals surface area contributed by atoms with Gasteiger partial charge in [-0.3, -0.25) is 4.79 Å². The third kappa shape index (κ3) is 6.13. The Balaban J connectivity index is 1.55. The molecule has 0 aliphatic carbocycles. The Morgan fingerprint density at radius 1 is 0.938 bits per heavy atom. The largest absolute Gasteiger partial charge is 0.483 e. The fraction of sp³-hybridized carbons (Fsp3) is 0.400. The van der Waals surface area contributed by atoms with E-state index in [0.717, 1.165) is 11.4 Å². The molecule has 7 heteroatoms. The van der Waals surface area contributed by atoms with Crippen molar-refractivity contribution in [1.82, 2.24) is 14.8 Å². The van der Waals surface area contributed by atoms with Crippen LogP contribution in [0.4, 0.5) is 5.69 Å². The van der Waals surface area contributed by atoms with Gasteiger partial charge in [-0.1, -0.05) is 63.7 Å². The van der Waals surface area contributed by atoms with E-state index in [1.54, 1.807) is 0 Å². The number of carbonyl (C=O) groups excluding carboxylic acids is 1. The Morgan fingerprint density at radius 3 is 2.06 bits per heavy atom. The standard InChI is InChI=1S/C25H32N4O2S/c1-16(2)19-7-11-21(12-8-19)26-23(30)15-32-25-28-27-24(29(25)6)18(5)31-22-13-9-20(10-14-22)17(3)4/h7-14,16-18H,15H2,1-6H3,(H,26,30). The first-order valence-corrected chi connectivity index (χ1v) is 11.9. The number of ether oxygens (including phenoxy) is 1. The maximum Gasteiger partial charge on any atom is 0.234 e. The first-order valence-electron chi connectivity index (χ1n) is 10.9. The van der Waals surface area contributed by atoms with Gasteiger partial charge in [0, 0.05) is 12.7 Å². The van der Waals surface area contributed by atoms with Crippen LogP contribution in [-0.4, -0.2) is 26.4 Å². The molecule has 0 saturated heterocycles. The SMILES string of the molecule is CC(C)c1ccc(NC(=O)CSc2nnc(C(C)Oc3ccc(C(C)C)cc3)n2C)cc1. The summed E-state index contributed by atoms with van der Waals surface area (Å²) in [6, 6.07) is 16.1. The van der Waals surface area contributed by atoms with E-state index in [1.165, 1.54) is 22.9 Å². The number of hydrogen-bond acceptors (Lipinski definition) is 5. The molecule has 32 heavy (non-hydrogen) atoms. The van der Waals surface area contributed by atoms with Crippen molar-refractivity contribution in [2.45, 2.75) is 57.7 Å². The molecule has 1 N–H and O–H groups in total. The molecule has 1 unspecified atom stereocenters. The van der Waals surface area contributed by atoms with E-state index in [1.807, 2.05) is 54.9 Å². The number of amides is 1. The summed E-state index contributed by atoms with van der Waals surface area (Å²) in [5.74, 6) is 2.63. The van der Waals surface area contributed by atoms with E-state index in [-0.39, 0.29) is 17.8 Å². The average molecular weight is 453 g/mol. The van der Waals surface area contributed by atoms with Crippen LogP contribution in [0.1, 0.15) is 69.5 Å². The van der Waals surface area contributed by atoms with Crippen LogP contribution < -0.4 is 10.1 Å². The number of thioether (sulfide) groups is 1. The molecule has 0 fully saturated rings. The summed E-state index contributed by atoms with van der Waals surface area (Å²) in [5.41, 5.74) is 3.32. The summed E-state index contributed by atoms with van der Waals surface area (Å²) in [4.78, 5) is 12.4. The third-order valence-corrected chi connectivity index (χ3v) is 6.31. The molecular formula is C25H32N4O2S. The zero-order valence-corrected chi connectivity index (χ0v) is 20.4. The second-order valence-electron chi connectivity index (χ2n) is 8.50. The maximum atomic E-state index is 12.4. The molecule has 1 heterocycles. The van der Waals surface area contributed by atoms with E-state index in [9.17, 15) is 4.79 Å². The molecule has 6 nitrogen and oxygen atoms in total. The van der Waals surface area contributed by atoms with Crippen LogP contribution >= 0.6 is 11.8 Å². The number of benzene rings is 2. The van der Waals surface area contributed by atoms with Gasteiger partial charge in [-0.25, -0.2) is 0 Å². The molecular weight excluding hydrogens is 420 g/mol. The number of nitrogens with one attached hydrogen (secondary N) is 1. The highest BCUT2D eigenvalue weighted by Crippen LogP contribution is 2.25. The van der Waals surface area contributed by atoms with E-state index in [4.69, 9.17) is 4.74 Å². The van der Waals surface area contributed by atoms with Crippen LogP contribution in [0.25, 0.3) is 0 Å². The van der Waals surface area contributed by atoms with Crippen molar-refractivity contribution in [3.63, 3.8) is 0 Å². The van der Waals surface area contributed by atoms with Gasteiger partial charge in [0.1, 0.15) is 5.75 Å². The Morgan fingerprint density at radius 2 is 1.50 bits per heavy atom. The van der Waals surface area contributed by atoms with Crippen LogP contribution in [-0.2, 0) is 11.8 Å². The predicted molar refractivity (Wildman–Crippen MR) is 130 cm³/mol. The van der Waals surface area contributed by atoms with Crippen molar-refractivity contribution in [2.24, 2.45) is 7.05 Å². The quantitative estimate of drug-likeness (QED) is 0.407. The molecule has 3 rings (SSSR count). The van der Waals surface area contributed by atoms with Crippen molar-refractivity contribution in [3.8, 4) is 5.75 Å². The molecule has 1 atom stereocenters. The minimum Gasteiger partial charge on any atom is -0.483 e. The molecule has 0 bridgehead atoms. The van der Waals surface area contributed by atoms with Crippen molar-refractivity contribution in [1.29, 1.82) is 0 Å². The molecule has 0 radical (unpaired) electrons. The van der Waals surface area contributed by atoms with Crippen molar-refractivity contribution < 1.29 is 9.53 Å². The van der Waals surface area contributed by atoms with Gasteiger partial charge >= 0.3 is 0 Å². The zero-order chi connectivity index (χ0) is 23.3. The summed E-state index contributed by atoms with van der Waals surface area (Å²) in [6.45, 7) is 10.6. The third-order valence-electron chi connectivity index (χ3n) is 5.29. The zero-order valence-electron chi connectivity index (χ0n) is 19.6. The molecule has 0 spiro atoms. The molecule has 0 aliphatic heterocycles. The van der Waals surface area contributed by atoms with E-state index < -0.39 is 0 Å². The smallest absolute Gasteiger partial charge is 0.234 e. The van der Waals surface area contributed by atoms with Crippen molar-refractivity contribution in [2.75, 3.05) is 11.1 Å². The Hall–Kier alpha value is -2.80. The van der Waals surface area contributed by atoms with Gasteiger partial charge in [0.25, 0.3) is 0 Å². The molecule has 1 amide bonds. The lowest BCUT2D eigenvalue weighted by atomic mass is 10.0. The van der Waals surface area contributed by atoms with Crippen LogP contribution in [0, 0.1) is 0 Å². The topological polar surface area (TPSA) is 69.0 Å². The predicted octanol–water partition coefficient (Wildman–Crippen LogP) is 5.93. The second-order valence-corrected chi connectivity index (χ2v) is 9.44. The molecule has 170 valence electrons. The number of carbonyl (C=O) groups is 1. The highest BCUT2D eigenvalue weighted by atomic mass is 32.2. The summed E-state index contributed by atoms with van der Waals surface area (Å²) in [5, 5.41) is 12.1. The van der Waals surface area contributed by atoms with Crippen LogP contribution in [0.3, 0.4) is 0 Å². The number of anilines is 1. The minimum absolute atomic E-state index is 0.0774. The molecule has 1 aromatic heterocycles. The molecule has 0 saturated carbocycles. The Kier molecular flexibility index (Phi) is 7.96. The van der Waals surface area contributed by atoms with E-state index >= 15 is 0 Å². The lowest BCUT2D eigenvalue weighted by Crippen LogP contribution is -2.15. The van der Waals surface area contributed by atoms with E-state index in [2.05, 4.69) is 55.3 Å². The van der Waals surface area contributed by atoms with Gasteiger partial charge in [0.2, 0.25) is 5.91 Å². The highest BCUT2D eigenvalue weighted by Gasteiger charge is 2.18. The fourth-order valence-corrected chi connectivity index (χ4v) is 3.99. The Bertz CT molecular complexity index is 1030. The number of aromatic nitrogens is 3. The lowest BCUT2D eigenvalue weighted by molar-refractivity contribution is -0.113. The normalized spacial score (nSPS) is 12.2.